The van der Waals surface area contributed by atoms with Gasteiger partial charge in [0.15, 0.2) is 0 Å². The molecule has 37 heavy (non-hydrogen) atoms. The van der Waals surface area contributed by atoms with Crippen LogP contribution in [0.2, 0.25) is 5.02 Å². The van der Waals surface area contributed by atoms with Gasteiger partial charge in [-0.15, -0.1) is 0 Å². The van der Waals surface area contributed by atoms with Crippen LogP contribution in [0, 0.1) is 10.1 Å². The van der Waals surface area contributed by atoms with Crippen LogP contribution >= 0.6 is 11.6 Å². The molecule has 0 unspecified atom stereocenters. The zero-order valence-corrected chi connectivity index (χ0v) is 19.7. The molecule has 0 fully saturated rings. The third-order valence-corrected chi connectivity index (χ3v) is 6.13. The topological polar surface area (TPSA) is 132 Å². The van der Waals surface area contributed by atoms with Crippen LogP contribution in [0.4, 0.5) is 34.6 Å². The van der Waals surface area contributed by atoms with E-state index in [0.717, 1.165) is 42.6 Å². The standard InChI is InChI=1S/C21H15ClF4N4O6S/c22-15-3-1-2-4-16(15)29-37(33,34)19-9-13(30(31)32)6-8-17(19)28-27-11-12-5-7-14(35-20(23)24)10-18(12)36-21(25)26/h1-11,20-21,28-29H. The predicted octanol–water partition coefficient (Wildman–Crippen LogP) is 5.70. The average molecular weight is 563 g/mol. The molecule has 3 aromatic rings. The Morgan fingerprint density at radius 1 is 0.973 bits per heavy atom. The lowest BCUT2D eigenvalue weighted by Crippen LogP contribution is -2.15. The smallest absolute Gasteiger partial charge is 0.387 e. The molecule has 16 heteroatoms. The van der Waals surface area contributed by atoms with E-state index in [9.17, 15) is 36.1 Å². The predicted molar refractivity (Wildman–Crippen MR) is 126 cm³/mol. The first-order chi connectivity index (χ1) is 17.5. The summed E-state index contributed by atoms with van der Waals surface area (Å²) in [5.74, 6) is -1.01. The monoisotopic (exact) mass is 562 g/mol. The van der Waals surface area contributed by atoms with Crippen molar-refractivity contribution in [3.63, 3.8) is 0 Å². The molecule has 3 aromatic carbocycles. The van der Waals surface area contributed by atoms with Gasteiger partial charge < -0.3 is 9.47 Å². The summed E-state index contributed by atoms with van der Waals surface area (Å²) in [7, 11) is -4.45. The summed E-state index contributed by atoms with van der Waals surface area (Å²) in [6.07, 6.45) is 0.934. The number of hydrogen-bond acceptors (Lipinski definition) is 8. The Hall–Kier alpha value is -4.11. The Labute approximate surface area is 211 Å². The number of para-hydroxylation sites is 1. The van der Waals surface area contributed by atoms with E-state index in [1.807, 2.05) is 0 Å². The Morgan fingerprint density at radius 3 is 2.32 bits per heavy atom. The maximum atomic E-state index is 13.0. The number of benzene rings is 3. The second-order valence-corrected chi connectivity index (χ2v) is 8.91. The molecular weight excluding hydrogens is 548 g/mol. The van der Waals surface area contributed by atoms with E-state index in [1.165, 1.54) is 18.2 Å². The van der Waals surface area contributed by atoms with Gasteiger partial charge in [-0.2, -0.15) is 22.7 Å². The minimum Gasteiger partial charge on any atom is -0.435 e. The summed E-state index contributed by atoms with van der Waals surface area (Å²) >= 11 is 5.99. The van der Waals surface area contributed by atoms with Crippen LogP contribution in [0.15, 0.2) is 70.7 Å². The number of nitrogens with one attached hydrogen (secondary N) is 2. The number of hydrazone groups is 1. The summed E-state index contributed by atoms with van der Waals surface area (Å²) in [6.45, 7) is -6.51. The van der Waals surface area contributed by atoms with Crippen LogP contribution in [-0.2, 0) is 10.0 Å². The van der Waals surface area contributed by atoms with Crippen molar-refractivity contribution in [2.45, 2.75) is 18.1 Å². The van der Waals surface area contributed by atoms with Crippen molar-refractivity contribution >= 4 is 44.9 Å². The highest BCUT2D eigenvalue weighted by Crippen LogP contribution is 2.31. The first-order valence-electron chi connectivity index (χ1n) is 9.85. The van der Waals surface area contributed by atoms with Gasteiger partial charge in [0, 0.05) is 23.8 Å². The van der Waals surface area contributed by atoms with Gasteiger partial charge >= 0.3 is 13.2 Å². The molecule has 0 atom stereocenters. The van der Waals surface area contributed by atoms with Gasteiger partial charge in [0.25, 0.3) is 15.7 Å². The number of sulfonamides is 1. The van der Waals surface area contributed by atoms with Gasteiger partial charge in [-0.3, -0.25) is 20.3 Å². The highest BCUT2D eigenvalue weighted by molar-refractivity contribution is 7.93. The fourth-order valence-corrected chi connectivity index (χ4v) is 4.35. The molecule has 0 aliphatic carbocycles. The Balaban J connectivity index is 1.94. The van der Waals surface area contributed by atoms with Crippen molar-refractivity contribution in [2.75, 3.05) is 10.1 Å². The van der Waals surface area contributed by atoms with Crippen molar-refractivity contribution in [3.8, 4) is 11.5 Å². The molecule has 0 bridgehead atoms. The van der Waals surface area contributed by atoms with Crippen molar-refractivity contribution < 1.29 is 40.4 Å². The molecule has 3 rings (SSSR count). The molecule has 0 aliphatic heterocycles. The quantitative estimate of drug-likeness (QED) is 0.133. The lowest BCUT2D eigenvalue weighted by molar-refractivity contribution is -0.385. The van der Waals surface area contributed by atoms with Crippen LogP contribution in [0.5, 0.6) is 11.5 Å². The molecule has 0 aliphatic rings. The van der Waals surface area contributed by atoms with Crippen LogP contribution in [0.1, 0.15) is 5.56 Å². The largest absolute Gasteiger partial charge is 0.435 e. The van der Waals surface area contributed by atoms with Crippen LogP contribution in [0.3, 0.4) is 0 Å². The number of ether oxygens (including phenoxy) is 2. The summed E-state index contributed by atoms with van der Waals surface area (Å²) in [5.41, 5.74) is 1.48. The number of nitrogens with zero attached hydrogens (tertiary/aromatic N) is 2. The number of anilines is 2. The summed E-state index contributed by atoms with van der Waals surface area (Å²) in [6, 6.07) is 11.6. The Bertz CT molecular complexity index is 1430. The first kappa shape index (κ1) is 27.5. The first-order valence-corrected chi connectivity index (χ1v) is 11.7. The second-order valence-electron chi connectivity index (χ2n) is 6.85. The molecular formula is C21H15ClF4N4O6S. The molecule has 0 spiro atoms. The Kier molecular flexibility index (Phi) is 8.73. The summed E-state index contributed by atoms with van der Waals surface area (Å²) in [4.78, 5) is 9.82. The van der Waals surface area contributed by atoms with Crippen molar-refractivity contribution in [1.29, 1.82) is 0 Å². The van der Waals surface area contributed by atoms with Gasteiger partial charge in [-0.05, 0) is 30.3 Å². The van der Waals surface area contributed by atoms with Crippen molar-refractivity contribution in [1.82, 2.24) is 0 Å². The van der Waals surface area contributed by atoms with Crippen LogP contribution < -0.4 is 19.6 Å². The highest BCUT2D eigenvalue weighted by Gasteiger charge is 2.23. The van der Waals surface area contributed by atoms with Gasteiger partial charge in [-0.1, -0.05) is 23.7 Å². The van der Waals surface area contributed by atoms with E-state index >= 15 is 0 Å². The van der Waals surface area contributed by atoms with E-state index < -0.39 is 50.3 Å². The molecule has 0 heterocycles. The van der Waals surface area contributed by atoms with Gasteiger partial charge in [0.1, 0.15) is 16.4 Å². The minimum atomic E-state index is -4.45. The van der Waals surface area contributed by atoms with Gasteiger partial charge in [0.05, 0.1) is 27.5 Å². The third-order valence-electron chi connectivity index (χ3n) is 4.40. The lowest BCUT2D eigenvalue weighted by Gasteiger charge is -2.13. The third kappa shape index (κ3) is 7.44. The normalized spacial score (nSPS) is 11.6. The molecule has 10 nitrogen and oxygen atoms in total. The Morgan fingerprint density at radius 2 is 1.68 bits per heavy atom. The molecule has 0 amide bonds. The molecule has 0 saturated heterocycles. The van der Waals surface area contributed by atoms with Gasteiger partial charge in [-0.25, -0.2) is 8.42 Å². The molecule has 0 saturated carbocycles. The molecule has 0 aromatic heterocycles. The number of hydrogen-bond donors (Lipinski definition) is 2. The molecule has 2 N–H and O–H groups in total. The SMILES string of the molecule is O=[N+]([O-])c1ccc(NN=Cc2ccc(OC(F)F)cc2OC(F)F)c(S(=O)(=O)Nc2ccccc2Cl)c1. The van der Waals surface area contributed by atoms with Crippen molar-refractivity contribution in [2.24, 2.45) is 5.10 Å². The van der Waals surface area contributed by atoms with E-state index in [0.29, 0.717) is 0 Å². The number of non-ortho nitro benzene ring substituents is 1. The number of nitro benzene ring substituents is 1. The fraction of sp³-hybridized carbons (Fsp3) is 0.0952. The fourth-order valence-electron chi connectivity index (χ4n) is 2.85. The minimum absolute atomic E-state index is 0.00465. The lowest BCUT2D eigenvalue weighted by atomic mass is 10.2. The van der Waals surface area contributed by atoms with E-state index in [-0.39, 0.29) is 22.0 Å². The zero-order valence-electron chi connectivity index (χ0n) is 18.1. The van der Waals surface area contributed by atoms with E-state index in [2.05, 4.69) is 24.7 Å². The molecule has 0 radical (unpaired) electrons. The summed E-state index contributed by atoms with van der Waals surface area (Å²) < 4.78 is 87.1. The van der Waals surface area contributed by atoms with Crippen LogP contribution in [-0.4, -0.2) is 32.8 Å². The van der Waals surface area contributed by atoms with Crippen LogP contribution in [0.25, 0.3) is 0 Å². The van der Waals surface area contributed by atoms with Gasteiger partial charge in [0.2, 0.25) is 0 Å². The summed E-state index contributed by atoms with van der Waals surface area (Å²) in [5, 5.41) is 15.0. The average Bonchev–Trinajstić information content (AvgIpc) is 2.81. The van der Waals surface area contributed by atoms with E-state index in [1.54, 1.807) is 6.07 Å². The zero-order chi connectivity index (χ0) is 27.2. The number of rotatable bonds is 11. The number of nitro groups is 1. The highest BCUT2D eigenvalue weighted by atomic mass is 35.5. The maximum absolute atomic E-state index is 13.0. The number of alkyl halides is 4. The molecule has 196 valence electrons. The maximum Gasteiger partial charge on any atom is 0.387 e. The number of halogens is 5. The van der Waals surface area contributed by atoms with Crippen molar-refractivity contribution in [3.05, 3.63) is 81.4 Å². The second kappa shape index (κ2) is 11.7. The van der Waals surface area contributed by atoms with E-state index in [4.69, 9.17) is 11.6 Å².